The second kappa shape index (κ2) is 4.10. The SMILES string of the molecule is Cc1cc(=O)c(=NNc2ccccc2)c1=O. The molecule has 0 aromatic heterocycles. The fourth-order valence-electron chi connectivity index (χ4n) is 1.37. The van der Waals surface area contributed by atoms with Gasteiger partial charge < -0.3 is 0 Å². The summed E-state index contributed by atoms with van der Waals surface area (Å²) in [5, 5.41) is 3.77. The molecule has 0 radical (unpaired) electrons. The molecule has 0 fully saturated rings. The average Bonchev–Trinajstić information content (AvgIpc) is 2.53. The fourth-order valence-corrected chi connectivity index (χ4v) is 1.37. The minimum absolute atomic E-state index is 0.0543. The van der Waals surface area contributed by atoms with Crippen LogP contribution >= 0.6 is 0 Å². The first kappa shape index (κ1) is 10.3. The van der Waals surface area contributed by atoms with Crippen molar-refractivity contribution in [3.63, 3.8) is 0 Å². The van der Waals surface area contributed by atoms with Gasteiger partial charge in [-0.3, -0.25) is 15.0 Å². The average molecular weight is 214 g/mol. The maximum atomic E-state index is 11.5. The van der Waals surface area contributed by atoms with E-state index in [0.717, 1.165) is 5.69 Å². The normalized spacial score (nSPS) is 11.7. The molecule has 0 aliphatic heterocycles. The van der Waals surface area contributed by atoms with E-state index >= 15 is 0 Å². The maximum absolute atomic E-state index is 11.5. The van der Waals surface area contributed by atoms with Crippen molar-refractivity contribution in [3.8, 4) is 0 Å². The molecular formula is C12H10N2O2. The Bertz CT molecular complexity index is 638. The highest BCUT2D eigenvalue weighted by atomic mass is 16.1. The van der Waals surface area contributed by atoms with Crippen LogP contribution in [0.5, 0.6) is 0 Å². The van der Waals surface area contributed by atoms with Crippen LogP contribution in [0.15, 0.2) is 51.1 Å². The summed E-state index contributed by atoms with van der Waals surface area (Å²) in [5.41, 5.74) is 3.19. The fraction of sp³-hybridized carbons (Fsp3) is 0.0833. The van der Waals surface area contributed by atoms with Crippen LogP contribution in [-0.4, -0.2) is 0 Å². The Kier molecular flexibility index (Phi) is 2.64. The Labute approximate surface area is 91.6 Å². The molecule has 0 atom stereocenters. The van der Waals surface area contributed by atoms with Gasteiger partial charge in [0.15, 0.2) is 5.36 Å². The summed E-state index contributed by atoms with van der Waals surface area (Å²) in [6, 6.07) is 10.4. The highest BCUT2D eigenvalue weighted by Crippen LogP contribution is 2.03. The van der Waals surface area contributed by atoms with Crippen LogP contribution in [0.25, 0.3) is 0 Å². The minimum atomic E-state index is -0.342. The zero-order valence-corrected chi connectivity index (χ0v) is 8.73. The third-order valence-electron chi connectivity index (χ3n) is 2.22. The second-order valence-corrected chi connectivity index (χ2v) is 3.46. The van der Waals surface area contributed by atoms with Crippen molar-refractivity contribution in [2.24, 2.45) is 5.10 Å². The lowest BCUT2D eigenvalue weighted by Crippen LogP contribution is -2.33. The Morgan fingerprint density at radius 1 is 1.12 bits per heavy atom. The summed E-state index contributed by atoms with van der Waals surface area (Å²) in [5.74, 6) is 0. The molecule has 4 heteroatoms. The third-order valence-corrected chi connectivity index (χ3v) is 2.22. The van der Waals surface area contributed by atoms with Crippen molar-refractivity contribution in [2.45, 2.75) is 6.92 Å². The molecule has 1 N–H and O–H groups in total. The highest BCUT2D eigenvalue weighted by molar-refractivity contribution is 5.41. The first-order valence-electron chi connectivity index (χ1n) is 4.84. The minimum Gasteiger partial charge on any atom is -0.287 e. The van der Waals surface area contributed by atoms with E-state index in [1.54, 1.807) is 19.1 Å². The van der Waals surface area contributed by atoms with E-state index in [4.69, 9.17) is 0 Å². The van der Waals surface area contributed by atoms with Crippen LogP contribution in [0.2, 0.25) is 0 Å². The molecule has 0 amide bonds. The molecule has 0 aliphatic carbocycles. The summed E-state index contributed by atoms with van der Waals surface area (Å²) in [6.45, 7) is 1.60. The largest absolute Gasteiger partial charge is 0.287 e. The van der Waals surface area contributed by atoms with Gasteiger partial charge in [0.25, 0.3) is 0 Å². The van der Waals surface area contributed by atoms with Crippen LogP contribution < -0.4 is 21.6 Å². The number of anilines is 1. The molecule has 0 spiro atoms. The van der Waals surface area contributed by atoms with Gasteiger partial charge >= 0.3 is 0 Å². The van der Waals surface area contributed by atoms with E-state index in [2.05, 4.69) is 10.5 Å². The van der Waals surface area contributed by atoms with Gasteiger partial charge in [0.05, 0.1) is 5.69 Å². The number of benzene rings is 1. The maximum Gasteiger partial charge on any atom is 0.213 e. The van der Waals surface area contributed by atoms with Gasteiger partial charge in [0, 0.05) is 5.56 Å². The molecule has 0 saturated carbocycles. The van der Waals surface area contributed by atoms with E-state index in [9.17, 15) is 9.59 Å². The Balaban J connectivity index is 2.39. The van der Waals surface area contributed by atoms with Crippen LogP contribution in [-0.2, 0) is 0 Å². The molecule has 2 aromatic carbocycles. The molecule has 0 unspecified atom stereocenters. The summed E-state index contributed by atoms with van der Waals surface area (Å²) in [6.07, 6.45) is 0. The monoisotopic (exact) mass is 214 g/mol. The van der Waals surface area contributed by atoms with Gasteiger partial charge in [0.1, 0.15) is 0 Å². The second-order valence-electron chi connectivity index (χ2n) is 3.46. The van der Waals surface area contributed by atoms with Crippen LogP contribution in [0.4, 0.5) is 5.69 Å². The molecule has 16 heavy (non-hydrogen) atoms. The van der Waals surface area contributed by atoms with Crippen molar-refractivity contribution in [2.75, 3.05) is 5.43 Å². The molecule has 2 rings (SSSR count). The predicted molar refractivity (Wildman–Crippen MR) is 61.7 cm³/mol. The van der Waals surface area contributed by atoms with E-state index in [1.807, 2.05) is 18.2 Å². The van der Waals surface area contributed by atoms with Gasteiger partial charge in [0.2, 0.25) is 10.9 Å². The summed E-state index contributed by atoms with van der Waals surface area (Å²) in [7, 11) is 0. The van der Waals surface area contributed by atoms with E-state index in [1.165, 1.54) is 6.07 Å². The van der Waals surface area contributed by atoms with Crippen molar-refractivity contribution in [3.05, 3.63) is 67.8 Å². The summed E-state index contributed by atoms with van der Waals surface area (Å²) in [4.78, 5) is 22.8. The van der Waals surface area contributed by atoms with E-state index in [0.29, 0.717) is 5.56 Å². The van der Waals surface area contributed by atoms with Crippen molar-refractivity contribution in [1.82, 2.24) is 0 Å². The van der Waals surface area contributed by atoms with Crippen molar-refractivity contribution >= 4 is 5.69 Å². The number of rotatable bonds is 2. The zero-order valence-electron chi connectivity index (χ0n) is 8.73. The van der Waals surface area contributed by atoms with Crippen molar-refractivity contribution < 1.29 is 0 Å². The van der Waals surface area contributed by atoms with Crippen LogP contribution in [0, 0.1) is 6.92 Å². The number of nitrogens with one attached hydrogen (secondary N) is 1. The summed E-state index contributed by atoms with van der Waals surface area (Å²) >= 11 is 0. The lowest BCUT2D eigenvalue weighted by Gasteiger charge is -1.96. The number of aryl methyl sites for hydroxylation is 1. The zero-order chi connectivity index (χ0) is 11.5. The first-order valence-corrected chi connectivity index (χ1v) is 4.84. The quantitative estimate of drug-likeness (QED) is 0.741. The van der Waals surface area contributed by atoms with Gasteiger partial charge in [-0.2, -0.15) is 5.10 Å². The van der Waals surface area contributed by atoms with Crippen molar-refractivity contribution in [1.29, 1.82) is 0 Å². The Hall–Kier alpha value is -2.23. The molecule has 0 heterocycles. The number of para-hydroxylation sites is 1. The summed E-state index contributed by atoms with van der Waals surface area (Å²) < 4.78 is 0. The highest BCUT2D eigenvalue weighted by Gasteiger charge is 2.03. The van der Waals surface area contributed by atoms with Gasteiger partial charge in [-0.25, -0.2) is 0 Å². The molecular weight excluding hydrogens is 204 g/mol. The molecule has 2 aromatic rings. The topological polar surface area (TPSA) is 58.5 Å². The standard InChI is InChI=1S/C12H10N2O2/c1-8-7-10(15)11(12(8)16)14-13-9-5-3-2-4-6-9/h2-7,13H,1H3. The Morgan fingerprint density at radius 2 is 1.81 bits per heavy atom. The molecule has 0 bridgehead atoms. The lowest BCUT2D eigenvalue weighted by atomic mass is 10.3. The third kappa shape index (κ3) is 1.91. The molecule has 0 aliphatic rings. The molecule has 0 saturated heterocycles. The predicted octanol–water partition coefficient (Wildman–Crippen LogP) is 0.519. The van der Waals surface area contributed by atoms with E-state index < -0.39 is 0 Å². The van der Waals surface area contributed by atoms with Gasteiger partial charge in [-0.05, 0) is 25.1 Å². The smallest absolute Gasteiger partial charge is 0.213 e. The van der Waals surface area contributed by atoms with Gasteiger partial charge in [-0.1, -0.05) is 18.2 Å². The van der Waals surface area contributed by atoms with E-state index in [-0.39, 0.29) is 16.2 Å². The number of hydrogen-bond donors (Lipinski definition) is 1. The lowest BCUT2D eigenvalue weighted by molar-refractivity contribution is 1.19. The first-order chi connectivity index (χ1) is 7.68. The van der Waals surface area contributed by atoms with Gasteiger partial charge in [-0.15, -0.1) is 0 Å². The number of nitrogens with zero attached hydrogens (tertiary/aromatic N) is 1. The number of hydrogen-bond acceptors (Lipinski definition) is 4. The van der Waals surface area contributed by atoms with Crippen LogP contribution in [0.1, 0.15) is 5.56 Å². The Morgan fingerprint density at radius 3 is 2.38 bits per heavy atom. The van der Waals surface area contributed by atoms with Crippen LogP contribution in [0.3, 0.4) is 0 Å². The molecule has 80 valence electrons. The molecule has 4 nitrogen and oxygen atoms in total.